The number of ether oxygens (including phenoxy) is 1. The van der Waals surface area contributed by atoms with Gasteiger partial charge in [-0.15, -0.1) is 0 Å². The van der Waals surface area contributed by atoms with Crippen LogP contribution in [-0.2, 0) is 4.79 Å². The van der Waals surface area contributed by atoms with Gasteiger partial charge < -0.3 is 14.9 Å². The number of aliphatic hydroxyl groups is 1. The molecule has 0 saturated carbocycles. The van der Waals surface area contributed by atoms with Crippen molar-refractivity contribution in [2.24, 2.45) is 0 Å². The van der Waals surface area contributed by atoms with Crippen molar-refractivity contribution in [2.75, 3.05) is 6.61 Å². The number of carboxylic acids is 1. The summed E-state index contributed by atoms with van der Waals surface area (Å²) in [6, 6.07) is 2.72. The van der Waals surface area contributed by atoms with Crippen LogP contribution in [0.5, 0.6) is 5.75 Å². The van der Waals surface area contributed by atoms with Crippen LogP contribution in [0.4, 0.5) is 0 Å². The fraction of sp³-hybridized carbons (Fsp3) is 0.300. The van der Waals surface area contributed by atoms with Gasteiger partial charge in [0.15, 0.2) is 5.60 Å². The van der Waals surface area contributed by atoms with Crippen LogP contribution >= 0.6 is 34.8 Å². The Morgan fingerprint density at radius 3 is 2.35 bits per heavy atom. The molecule has 1 atom stereocenters. The van der Waals surface area contributed by atoms with Crippen LogP contribution in [0.1, 0.15) is 6.92 Å². The average molecular weight is 300 g/mol. The molecule has 0 aromatic heterocycles. The number of carboxylic acid groups (broad SMARTS) is 1. The highest BCUT2D eigenvalue weighted by Gasteiger charge is 2.31. The molecular formula is C10H9Cl3O4. The second-order valence-electron chi connectivity index (χ2n) is 3.56. The second-order valence-corrected chi connectivity index (χ2v) is 4.79. The molecule has 0 spiro atoms. The van der Waals surface area contributed by atoms with Crippen molar-refractivity contribution < 1.29 is 19.7 Å². The summed E-state index contributed by atoms with van der Waals surface area (Å²) in [4.78, 5) is 10.6. The van der Waals surface area contributed by atoms with Gasteiger partial charge in [0.1, 0.15) is 12.4 Å². The van der Waals surface area contributed by atoms with Crippen molar-refractivity contribution >= 4 is 40.8 Å². The molecule has 1 rings (SSSR count). The van der Waals surface area contributed by atoms with Gasteiger partial charge >= 0.3 is 5.97 Å². The summed E-state index contributed by atoms with van der Waals surface area (Å²) in [5, 5.41) is 18.8. The van der Waals surface area contributed by atoms with Crippen LogP contribution in [0, 0.1) is 0 Å². The minimum absolute atomic E-state index is 0.155. The van der Waals surface area contributed by atoms with Gasteiger partial charge in [0.25, 0.3) is 0 Å². The quantitative estimate of drug-likeness (QED) is 0.839. The Labute approximate surface area is 113 Å². The fourth-order valence-corrected chi connectivity index (χ4v) is 1.49. The van der Waals surface area contributed by atoms with Gasteiger partial charge in [-0.1, -0.05) is 34.8 Å². The molecule has 17 heavy (non-hydrogen) atoms. The molecule has 0 radical (unpaired) electrons. The van der Waals surface area contributed by atoms with E-state index in [1.54, 1.807) is 0 Å². The first-order valence-electron chi connectivity index (χ1n) is 4.47. The fourth-order valence-electron chi connectivity index (χ4n) is 0.895. The van der Waals surface area contributed by atoms with E-state index in [9.17, 15) is 9.90 Å². The topological polar surface area (TPSA) is 66.8 Å². The molecular weight excluding hydrogens is 290 g/mol. The molecule has 1 aromatic carbocycles. The average Bonchev–Trinajstić information content (AvgIpc) is 2.21. The van der Waals surface area contributed by atoms with Gasteiger partial charge in [-0.2, -0.15) is 0 Å². The predicted octanol–water partition coefficient (Wildman–Crippen LogP) is 2.86. The van der Waals surface area contributed by atoms with Gasteiger partial charge in [0.05, 0.1) is 15.1 Å². The summed E-state index contributed by atoms with van der Waals surface area (Å²) in [6.45, 7) is 0.654. The number of rotatable bonds is 4. The number of aliphatic carboxylic acids is 1. The largest absolute Gasteiger partial charge is 0.488 e. The number of benzene rings is 1. The van der Waals surface area contributed by atoms with Crippen LogP contribution in [0.15, 0.2) is 12.1 Å². The third-order valence-corrected chi connectivity index (χ3v) is 2.96. The summed E-state index contributed by atoms with van der Waals surface area (Å²) < 4.78 is 5.09. The van der Waals surface area contributed by atoms with E-state index in [0.29, 0.717) is 0 Å². The van der Waals surface area contributed by atoms with Crippen LogP contribution in [-0.4, -0.2) is 28.4 Å². The minimum Gasteiger partial charge on any atom is -0.488 e. The van der Waals surface area contributed by atoms with Crippen molar-refractivity contribution in [3.05, 3.63) is 27.2 Å². The maximum atomic E-state index is 10.6. The third-order valence-electron chi connectivity index (χ3n) is 1.94. The summed E-state index contributed by atoms with van der Waals surface area (Å²) in [7, 11) is 0. The second kappa shape index (κ2) is 5.31. The standard InChI is InChI=1S/C10H9Cl3O4/c1-10(16,9(14)15)4-17-8-3-6(12)5(11)2-7(8)13/h2-3,16H,4H2,1H3,(H,14,15). The Kier molecular flexibility index (Phi) is 4.49. The maximum Gasteiger partial charge on any atom is 0.339 e. The highest BCUT2D eigenvalue weighted by Crippen LogP contribution is 2.34. The first-order chi connectivity index (χ1) is 7.74. The molecule has 0 amide bonds. The Morgan fingerprint density at radius 2 is 1.82 bits per heavy atom. The SMILES string of the molecule is CC(O)(COc1cc(Cl)c(Cl)cc1Cl)C(=O)O. The van der Waals surface area contributed by atoms with E-state index < -0.39 is 18.2 Å². The summed E-state index contributed by atoms with van der Waals surface area (Å²) >= 11 is 17.3. The third kappa shape index (κ3) is 3.64. The lowest BCUT2D eigenvalue weighted by atomic mass is 10.1. The Bertz CT molecular complexity index is 445. The van der Waals surface area contributed by atoms with Crippen molar-refractivity contribution in [1.82, 2.24) is 0 Å². The summed E-state index contributed by atoms with van der Waals surface area (Å²) in [6.07, 6.45) is 0. The Hall–Kier alpha value is -0.680. The minimum atomic E-state index is -2.00. The van der Waals surface area contributed by atoms with Crippen molar-refractivity contribution in [2.45, 2.75) is 12.5 Å². The lowest BCUT2D eigenvalue weighted by Gasteiger charge is -2.19. The van der Waals surface area contributed by atoms with Crippen molar-refractivity contribution in [3.8, 4) is 5.75 Å². The molecule has 1 unspecified atom stereocenters. The van der Waals surface area contributed by atoms with Crippen LogP contribution in [0.2, 0.25) is 15.1 Å². The van der Waals surface area contributed by atoms with Gasteiger partial charge in [-0.3, -0.25) is 0 Å². The maximum absolute atomic E-state index is 10.6. The Balaban J connectivity index is 2.83. The molecule has 0 bridgehead atoms. The molecule has 4 nitrogen and oxygen atoms in total. The molecule has 1 aromatic rings. The first kappa shape index (κ1) is 14.4. The lowest BCUT2D eigenvalue weighted by Crippen LogP contribution is -2.41. The number of halogens is 3. The molecule has 0 aliphatic heterocycles. The monoisotopic (exact) mass is 298 g/mol. The van der Waals surface area contributed by atoms with Gasteiger partial charge in [-0.25, -0.2) is 4.79 Å². The Morgan fingerprint density at radius 1 is 1.29 bits per heavy atom. The van der Waals surface area contributed by atoms with Gasteiger partial charge in [-0.05, 0) is 13.0 Å². The molecule has 0 aliphatic rings. The van der Waals surface area contributed by atoms with E-state index in [2.05, 4.69) is 0 Å². The van der Waals surface area contributed by atoms with E-state index in [1.807, 2.05) is 0 Å². The number of carbonyl (C=O) groups is 1. The summed E-state index contributed by atoms with van der Waals surface area (Å²) in [5.41, 5.74) is -2.00. The first-order valence-corrected chi connectivity index (χ1v) is 5.60. The molecule has 7 heteroatoms. The zero-order valence-electron chi connectivity index (χ0n) is 8.71. The lowest BCUT2D eigenvalue weighted by molar-refractivity contribution is -0.159. The molecule has 2 N–H and O–H groups in total. The van der Waals surface area contributed by atoms with E-state index in [4.69, 9.17) is 44.6 Å². The highest BCUT2D eigenvalue weighted by molar-refractivity contribution is 6.43. The molecule has 0 fully saturated rings. The predicted molar refractivity (Wildman–Crippen MR) is 65.2 cm³/mol. The van der Waals surface area contributed by atoms with Crippen molar-refractivity contribution in [3.63, 3.8) is 0 Å². The van der Waals surface area contributed by atoms with Crippen LogP contribution in [0.25, 0.3) is 0 Å². The molecule has 94 valence electrons. The van der Waals surface area contributed by atoms with Crippen LogP contribution in [0.3, 0.4) is 0 Å². The molecule has 0 saturated heterocycles. The van der Waals surface area contributed by atoms with E-state index in [1.165, 1.54) is 12.1 Å². The number of hydrogen-bond acceptors (Lipinski definition) is 3. The smallest absolute Gasteiger partial charge is 0.339 e. The number of hydrogen-bond donors (Lipinski definition) is 2. The van der Waals surface area contributed by atoms with E-state index in [-0.39, 0.29) is 20.8 Å². The van der Waals surface area contributed by atoms with Gasteiger partial charge in [0, 0.05) is 6.07 Å². The normalized spacial score (nSPS) is 14.2. The zero-order valence-corrected chi connectivity index (χ0v) is 11.0. The highest BCUT2D eigenvalue weighted by atomic mass is 35.5. The zero-order chi connectivity index (χ0) is 13.2. The molecule has 0 aliphatic carbocycles. The van der Waals surface area contributed by atoms with E-state index in [0.717, 1.165) is 6.92 Å². The van der Waals surface area contributed by atoms with Crippen molar-refractivity contribution in [1.29, 1.82) is 0 Å². The van der Waals surface area contributed by atoms with E-state index >= 15 is 0 Å². The molecule has 0 heterocycles. The summed E-state index contributed by atoms with van der Waals surface area (Å²) in [5.74, 6) is -1.24. The van der Waals surface area contributed by atoms with Crippen LogP contribution < -0.4 is 4.74 Å². The van der Waals surface area contributed by atoms with Gasteiger partial charge in [0.2, 0.25) is 0 Å².